The number of piperidine rings is 1. The lowest BCUT2D eigenvalue weighted by Crippen LogP contribution is -2.56. The molecule has 2 N–H and O–H groups in total. The SMILES string of the molecule is CC1(C)C(=O)N(c2ccc(C#N)cc2)CCC1N. The first-order valence-corrected chi connectivity index (χ1v) is 6.04. The van der Waals surface area contributed by atoms with Crippen molar-refractivity contribution < 1.29 is 4.79 Å². The Morgan fingerprint density at radius 2 is 2.00 bits per heavy atom. The molecular weight excluding hydrogens is 226 g/mol. The largest absolute Gasteiger partial charge is 0.327 e. The van der Waals surface area contributed by atoms with Crippen molar-refractivity contribution in [2.45, 2.75) is 26.3 Å². The second kappa shape index (κ2) is 4.43. The van der Waals surface area contributed by atoms with Gasteiger partial charge in [-0.3, -0.25) is 4.79 Å². The van der Waals surface area contributed by atoms with Crippen molar-refractivity contribution in [1.82, 2.24) is 0 Å². The van der Waals surface area contributed by atoms with Crippen LogP contribution < -0.4 is 10.6 Å². The number of hydrogen-bond acceptors (Lipinski definition) is 3. The van der Waals surface area contributed by atoms with Gasteiger partial charge in [0.1, 0.15) is 0 Å². The van der Waals surface area contributed by atoms with Gasteiger partial charge in [-0.15, -0.1) is 0 Å². The summed E-state index contributed by atoms with van der Waals surface area (Å²) in [6.07, 6.45) is 0.790. The minimum absolute atomic E-state index is 0.0472. The van der Waals surface area contributed by atoms with Crippen molar-refractivity contribution in [3.05, 3.63) is 29.8 Å². The summed E-state index contributed by atoms with van der Waals surface area (Å²) < 4.78 is 0. The molecule has 0 bridgehead atoms. The summed E-state index contributed by atoms with van der Waals surface area (Å²) >= 11 is 0. The number of benzene rings is 1. The number of rotatable bonds is 1. The van der Waals surface area contributed by atoms with E-state index >= 15 is 0 Å². The molecule has 18 heavy (non-hydrogen) atoms. The van der Waals surface area contributed by atoms with Gasteiger partial charge in [-0.05, 0) is 44.5 Å². The molecule has 1 amide bonds. The molecule has 0 aliphatic carbocycles. The minimum Gasteiger partial charge on any atom is -0.327 e. The first kappa shape index (κ1) is 12.6. The summed E-state index contributed by atoms with van der Waals surface area (Å²) in [5.41, 5.74) is 6.89. The van der Waals surface area contributed by atoms with Crippen molar-refractivity contribution in [3.8, 4) is 6.07 Å². The number of hydrogen-bond donors (Lipinski definition) is 1. The van der Waals surface area contributed by atoms with Crippen LogP contribution in [0.25, 0.3) is 0 Å². The third kappa shape index (κ3) is 1.98. The van der Waals surface area contributed by atoms with Gasteiger partial charge in [0.25, 0.3) is 0 Å². The van der Waals surface area contributed by atoms with E-state index in [0.29, 0.717) is 12.1 Å². The molecular formula is C14H17N3O. The molecule has 1 fully saturated rings. The quantitative estimate of drug-likeness (QED) is 0.815. The Morgan fingerprint density at radius 3 is 2.56 bits per heavy atom. The second-order valence-corrected chi connectivity index (χ2v) is 5.23. The maximum Gasteiger partial charge on any atom is 0.234 e. The van der Waals surface area contributed by atoms with Crippen LogP contribution >= 0.6 is 0 Å². The highest BCUT2D eigenvalue weighted by Gasteiger charge is 2.41. The number of nitrogens with zero attached hydrogens (tertiary/aromatic N) is 2. The zero-order valence-corrected chi connectivity index (χ0v) is 10.7. The molecule has 0 aromatic heterocycles. The number of carbonyl (C=O) groups is 1. The lowest BCUT2D eigenvalue weighted by molar-refractivity contribution is -0.129. The van der Waals surface area contributed by atoms with Crippen LogP contribution in [-0.4, -0.2) is 18.5 Å². The molecule has 1 aliphatic heterocycles. The van der Waals surface area contributed by atoms with Crippen molar-refractivity contribution >= 4 is 11.6 Å². The second-order valence-electron chi connectivity index (χ2n) is 5.23. The highest BCUT2D eigenvalue weighted by molar-refractivity contribution is 5.98. The van der Waals surface area contributed by atoms with Crippen molar-refractivity contribution in [2.24, 2.45) is 11.1 Å². The van der Waals surface area contributed by atoms with Crippen LogP contribution in [0.2, 0.25) is 0 Å². The van der Waals surface area contributed by atoms with Gasteiger partial charge < -0.3 is 10.6 Å². The summed E-state index contributed by atoms with van der Waals surface area (Å²) in [4.78, 5) is 14.1. The predicted octanol–water partition coefficient (Wildman–Crippen LogP) is 1.65. The van der Waals surface area contributed by atoms with Gasteiger partial charge >= 0.3 is 0 Å². The third-order valence-corrected chi connectivity index (χ3v) is 3.70. The van der Waals surface area contributed by atoms with E-state index in [-0.39, 0.29) is 11.9 Å². The Morgan fingerprint density at radius 1 is 1.39 bits per heavy atom. The number of nitrogens with two attached hydrogens (primary N) is 1. The average Bonchev–Trinajstić information content (AvgIpc) is 2.37. The summed E-state index contributed by atoms with van der Waals surface area (Å²) in [6.45, 7) is 4.40. The lowest BCUT2D eigenvalue weighted by Gasteiger charge is -2.41. The fourth-order valence-corrected chi connectivity index (χ4v) is 2.20. The molecule has 0 spiro atoms. The molecule has 0 radical (unpaired) electrons. The monoisotopic (exact) mass is 243 g/mol. The normalized spacial score (nSPS) is 22.7. The molecule has 94 valence electrons. The van der Waals surface area contributed by atoms with Crippen LogP contribution in [-0.2, 0) is 4.79 Å². The molecule has 1 aromatic carbocycles. The first-order chi connectivity index (χ1) is 8.46. The number of amides is 1. The smallest absolute Gasteiger partial charge is 0.234 e. The van der Waals surface area contributed by atoms with Gasteiger partial charge in [0.05, 0.1) is 17.0 Å². The Bertz CT molecular complexity index is 499. The van der Waals surface area contributed by atoms with Crippen LogP contribution in [0.3, 0.4) is 0 Å². The Balaban J connectivity index is 2.29. The van der Waals surface area contributed by atoms with Gasteiger partial charge in [-0.2, -0.15) is 5.26 Å². The fraction of sp³-hybridized carbons (Fsp3) is 0.429. The van der Waals surface area contributed by atoms with E-state index in [1.165, 1.54) is 0 Å². The molecule has 1 aromatic rings. The Labute approximate surface area is 107 Å². The van der Waals surface area contributed by atoms with Crippen molar-refractivity contribution in [3.63, 3.8) is 0 Å². The molecule has 1 saturated heterocycles. The van der Waals surface area contributed by atoms with E-state index in [1.807, 2.05) is 26.0 Å². The molecule has 2 rings (SSSR count). The fourth-order valence-electron chi connectivity index (χ4n) is 2.20. The third-order valence-electron chi connectivity index (χ3n) is 3.70. The van der Waals surface area contributed by atoms with Crippen LogP contribution in [0.15, 0.2) is 24.3 Å². The van der Waals surface area contributed by atoms with E-state index in [4.69, 9.17) is 11.0 Å². The van der Waals surface area contributed by atoms with Crippen LogP contribution in [0, 0.1) is 16.7 Å². The molecule has 4 nitrogen and oxygen atoms in total. The molecule has 1 heterocycles. The highest BCUT2D eigenvalue weighted by Crippen LogP contribution is 2.32. The summed E-state index contributed by atoms with van der Waals surface area (Å²) in [6, 6.07) is 9.04. The van der Waals surface area contributed by atoms with E-state index in [2.05, 4.69) is 6.07 Å². The highest BCUT2D eigenvalue weighted by atomic mass is 16.2. The molecule has 4 heteroatoms. The van der Waals surface area contributed by atoms with E-state index in [1.54, 1.807) is 17.0 Å². The molecule has 1 atom stereocenters. The van der Waals surface area contributed by atoms with E-state index in [9.17, 15) is 4.79 Å². The molecule has 1 unspecified atom stereocenters. The first-order valence-electron chi connectivity index (χ1n) is 6.04. The average molecular weight is 243 g/mol. The molecule has 1 aliphatic rings. The zero-order chi connectivity index (χ0) is 13.3. The predicted molar refractivity (Wildman–Crippen MR) is 69.9 cm³/mol. The van der Waals surface area contributed by atoms with Gasteiger partial charge in [0.15, 0.2) is 0 Å². The van der Waals surface area contributed by atoms with Gasteiger partial charge in [-0.1, -0.05) is 0 Å². The summed E-state index contributed by atoms with van der Waals surface area (Å²) in [5.74, 6) is 0.0472. The van der Waals surface area contributed by atoms with Gasteiger partial charge in [0.2, 0.25) is 5.91 Å². The topological polar surface area (TPSA) is 70.1 Å². The summed E-state index contributed by atoms with van der Waals surface area (Å²) in [7, 11) is 0. The number of carbonyl (C=O) groups excluding carboxylic acids is 1. The maximum atomic E-state index is 12.4. The maximum absolute atomic E-state index is 12.4. The van der Waals surface area contributed by atoms with Crippen molar-refractivity contribution in [1.29, 1.82) is 5.26 Å². The molecule has 0 saturated carbocycles. The van der Waals surface area contributed by atoms with E-state index in [0.717, 1.165) is 12.1 Å². The minimum atomic E-state index is -0.536. The van der Waals surface area contributed by atoms with Crippen LogP contribution in [0.4, 0.5) is 5.69 Å². The van der Waals surface area contributed by atoms with Gasteiger partial charge in [-0.25, -0.2) is 0 Å². The number of anilines is 1. The summed E-state index contributed by atoms with van der Waals surface area (Å²) in [5, 5.41) is 8.76. The zero-order valence-electron chi connectivity index (χ0n) is 10.7. The Kier molecular flexibility index (Phi) is 3.10. The van der Waals surface area contributed by atoms with Crippen molar-refractivity contribution in [2.75, 3.05) is 11.4 Å². The Hall–Kier alpha value is -1.86. The standard InChI is InChI=1S/C14H17N3O/c1-14(2)12(16)7-8-17(13(14)18)11-5-3-10(9-15)4-6-11/h3-6,12H,7-8,16H2,1-2H3. The van der Waals surface area contributed by atoms with Crippen LogP contribution in [0.5, 0.6) is 0 Å². The van der Waals surface area contributed by atoms with Crippen LogP contribution in [0.1, 0.15) is 25.8 Å². The van der Waals surface area contributed by atoms with Gasteiger partial charge in [0, 0.05) is 18.3 Å². The van der Waals surface area contributed by atoms with E-state index < -0.39 is 5.41 Å². The number of nitriles is 1. The lowest BCUT2D eigenvalue weighted by atomic mass is 9.78.